The van der Waals surface area contributed by atoms with Gasteiger partial charge >= 0.3 is 29.6 Å². The molecule has 0 saturated carbocycles. The Balaban J connectivity index is 0.00000363. The van der Waals surface area contributed by atoms with Crippen molar-refractivity contribution in [2.75, 3.05) is 23.5 Å². The second kappa shape index (κ2) is 11.7. The molecule has 166 valence electrons. The molecule has 3 heterocycles. The first kappa shape index (κ1) is 26.9. The van der Waals surface area contributed by atoms with Crippen molar-refractivity contribution in [1.29, 1.82) is 0 Å². The third kappa shape index (κ3) is 5.76. The molecule has 0 aliphatic carbocycles. The minimum absolute atomic E-state index is 0. The van der Waals surface area contributed by atoms with Crippen molar-refractivity contribution in [1.82, 2.24) is 15.2 Å². The summed E-state index contributed by atoms with van der Waals surface area (Å²) >= 11 is 3.43. The van der Waals surface area contributed by atoms with Crippen LogP contribution in [0.2, 0.25) is 0 Å². The number of oxime groups is 1. The Morgan fingerprint density at radius 1 is 1.56 bits per heavy atom. The minimum atomic E-state index is -1.51. The number of rotatable bonds is 8. The van der Waals surface area contributed by atoms with Crippen LogP contribution >= 0.6 is 34.9 Å². The molecule has 1 aromatic heterocycles. The number of fused-ring (bicyclic) bond motifs is 1. The number of carbonyl (C=O) groups is 3. The van der Waals surface area contributed by atoms with Crippen LogP contribution in [0.3, 0.4) is 0 Å². The van der Waals surface area contributed by atoms with E-state index in [-0.39, 0.29) is 51.8 Å². The number of carbonyl (C=O) groups excluding carboxylic acids is 3. The van der Waals surface area contributed by atoms with Crippen LogP contribution in [-0.2, 0) is 25.2 Å². The molecule has 16 heteroatoms. The number of β-lactam (4-membered cyclic amide) rings is 1. The predicted octanol–water partition coefficient (Wildman–Crippen LogP) is -4.11. The fourth-order valence-electron chi connectivity index (χ4n) is 2.80. The van der Waals surface area contributed by atoms with E-state index in [1.165, 1.54) is 17.1 Å². The van der Waals surface area contributed by atoms with E-state index in [0.29, 0.717) is 10.7 Å². The van der Waals surface area contributed by atoms with Gasteiger partial charge in [-0.3, -0.25) is 18.7 Å². The van der Waals surface area contributed by atoms with Gasteiger partial charge in [-0.1, -0.05) is 23.0 Å². The average molecular weight is 526 g/mol. The maximum absolute atomic E-state index is 12.6. The molecule has 0 spiro atoms. The summed E-state index contributed by atoms with van der Waals surface area (Å²) in [5.74, 6) is -2.38. The number of nitrogens with zero attached hydrogens (tertiary/aromatic N) is 3. The maximum Gasteiger partial charge on any atom is 1.00 e. The van der Waals surface area contributed by atoms with Crippen LogP contribution in [0.5, 0.6) is 0 Å². The minimum Gasteiger partial charge on any atom is -0.543 e. The van der Waals surface area contributed by atoms with E-state index in [0.717, 1.165) is 28.0 Å². The number of nitrogens with one attached hydrogen (secondary N) is 1. The van der Waals surface area contributed by atoms with Crippen molar-refractivity contribution < 1.29 is 58.5 Å². The average Bonchev–Trinajstić information content (AvgIpc) is 3.14. The number of carboxylic acid groups (broad SMARTS) is 1. The van der Waals surface area contributed by atoms with Gasteiger partial charge < -0.3 is 26.2 Å². The molecule has 1 aromatic rings. The van der Waals surface area contributed by atoms with Crippen molar-refractivity contribution in [3.63, 3.8) is 0 Å². The first-order valence-electron chi connectivity index (χ1n) is 8.49. The van der Waals surface area contributed by atoms with Crippen molar-refractivity contribution in [3.8, 4) is 0 Å². The van der Waals surface area contributed by atoms with E-state index in [4.69, 9.17) is 5.73 Å². The van der Waals surface area contributed by atoms with Gasteiger partial charge in [0.25, 0.3) is 11.8 Å². The van der Waals surface area contributed by atoms with Gasteiger partial charge in [0.15, 0.2) is 10.8 Å². The Labute approximate surface area is 219 Å². The molecule has 3 atom stereocenters. The summed E-state index contributed by atoms with van der Waals surface area (Å²) in [6.07, 6.45) is 3.20. The molecule has 11 nitrogen and oxygen atoms in total. The van der Waals surface area contributed by atoms with E-state index in [2.05, 4.69) is 15.5 Å². The van der Waals surface area contributed by atoms with Crippen LogP contribution in [0, 0.1) is 0 Å². The number of carboxylic acids is 1. The Morgan fingerprint density at radius 3 is 2.84 bits per heavy atom. The molecule has 4 N–H and O–H groups in total. The summed E-state index contributed by atoms with van der Waals surface area (Å²) in [4.78, 5) is 42.2. The van der Waals surface area contributed by atoms with Gasteiger partial charge in [-0.2, -0.15) is 0 Å². The number of aromatic nitrogens is 1. The molecule has 2 amide bonds. The third-order valence-electron chi connectivity index (χ3n) is 4.13. The molecule has 2 aliphatic rings. The predicted molar refractivity (Wildman–Crippen MR) is 118 cm³/mol. The molecule has 0 aromatic carbocycles. The number of anilines is 1. The summed E-state index contributed by atoms with van der Waals surface area (Å²) in [5, 5.41) is 28.8. The normalized spacial score (nSPS) is 21.6. The first-order chi connectivity index (χ1) is 14.7. The van der Waals surface area contributed by atoms with E-state index in [9.17, 15) is 28.9 Å². The summed E-state index contributed by atoms with van der Waals surface area (Å²) in [6.45, 7) is 0. The number of nitrogen functional groups attached to an aromatic ring is 1. The molecule has 0 radical (unpaired) electrons. The molecule has 3 rings (SSSR count). The van der Waals surface area contributed by atoms with Crippen LogP contribution < -0.4 is 45.7 Å². The van der Waals surface area contributed by atoms with E-state index in [1.54, 1.807) is 17.7 Å². The quantitative estimate of drug-likeness (QED) is 0.0993. The zero-order valence-corrected chi connectivity index (χ0v) is 22.1. The van der Waals surface area contributed by atoms with E-state index in [1.807, 2.05) is 0 Å². The zero-order valence-electron chi connectivity index (χ0n) is 16.8. The Morgan fingerprint density at radius 2 is 2.28 bits per heavy atom. The largest absolute Gasteiger partial charge is 1.00 e. The fraction of sp³-hybridized carbons (Fsp3) is 0.312. The Kier molecular flexibility index (Phi) is 9.81. The number of nitrogens with two attached hydrogens (primary N) is 1. The van der Waals surface area contributed by atoms with Crippen molar-refractivity contribution in [2.45, 2.75) is 11.4 Å². The Hall–Kier alpha value is -1.36. The van der Waals surface area contributed by atoms with Crippen LogP contribution in [0.4, 0.5) is 5.13 Å². The van der Waals surface area contributed by atoms with Crippen LogP contribution in [0.1, 0.15) is 5.69 Å². The van der Waals surface area contributed by atoms with Gasteiger partial charge in [-0.25, -0.2) is 4.98 Å². The molecule has 32 heavy (non-hydrogen) atoms. The smallest absolute Gasteiger partial charge is 0.543 e. The molecular formula is C16H16N5NaO6S4. The molecule has 1 fully saturated rings. The molecule has 2 aliphatic heterocycles. The number of thiazole rings is 1. The third-order valence-corrected chi connectivity index (χ3v) is 7.88. The SMILES string of the molecule is CS(=O)C/C=C\SC1=C(C(=O)[O-])N2C(=O)C(NC(=O)/C(=N\O)c3csc(N)n3)[C@H]2SC1.[Na+]. The summed E-state index contributed by atoms with van der Waals surface area (Å²) in [6, 6.07) is -1.01. The number of hydrogen-bond donors (Lipinski definition) is 3. The summed E-state index contributed by atoms with van der Waals surface area (Å²) in [5.41, 5.74) is 4.91. The van der Waals surface area contributed by atoms with E-state index >= 15 is 0 Å². The molecule has 0 bridgehead atoms. The monoisotopic (exact) mass is 525 g/mol. The second-order valence-electron chi connectivity index (χ2n) is 6.17. The van der Waals surface area contributed by atoms with Gasteiger partial charge in [-0.05, 0) is 5.41 Å². The summed E-state index contributed by atoms with van der Waals surface area (Å²) < 4.78 is 11.1. The molecule has 2 unspecified atom stereocenters. The number of amides is 2. The standard InChI is InChI=1S/C16H17N5O6S4.Na/c1-31(27)4-2-3-28-8-6-29-14-10(13(23)21(14)11(8)15(24)25)19-12(22)9(20-26)7-5-30-16(17)18-7;/h2-3,5,10,14,26H,4,6H2,1H3,(H2,17,18)(H,19,22)(H,24,25);/q;+1/p-1/b3-2-,20-9-;/t10?,14-,31?;/m1./s1. The van der Waals surface area contributed by atoms with Crippen molar-refractivity contribution >= 4 is 74.3 Å². The van der Waals surface area contributed by atoms with Crippen LogP contribution in [-0.4, -0.2) is 72.0 Å². The van der Waals surface area contributed by atoms with Gasteiger partial charge in [0.05, 0.1) is 11.7 Å². The number of hydrogen-bond acceptors (Lipinski definition) is 12. The van der Waals surface area contributed by atoms with Crippen molar-refractivity contribution in [2.24, 2.45) is 5.16 Å². The first-order valence-corrected chi connectivity index (χ1v) is 13.0. The number of aliphatic carboxylic acids is 1. The van der Waals surface area contributed by atoms with E-state index < -0.39 is 45.7 Å². The van der Waals surface area contributed by atoms with Gasteiger partial charge in [0.1, 0.15) is 17.1 Å². The molecular weight excluding hydrogens is 509 g/mol. The van der Waals surface area contributed by atoms with Crippen LogP contribution in [0.25, 0.3) is 0 Å². The summed E-state index contributed by atoms with van der Waals surface area (Å²) in [7, 11) is -1.02. The van der Waals surface area contributed by atoms with Gasteiger partial charge in [-0.15, -0.1) is 23.1 Å². The maximum atomic E-state index is 12.6. The number of thioether (sulfide) groups is 2. The molecule has 1 saturated heterocycles. The topological polar surface area (TPSA) is 178 Å². The van der Waals surface area contributed by atoms with Crippen LogP contribution in [0.15, 0.2) is 32.6 Å². The Bertz CT molecular complexity index is 1040. The fourth-order valence-corrected chi connectivity index (χ4v) is 6.15. The van der Waals surface area contributed by atoms with Crippen molar-refractivity contribution in [3.05, 3.63) is 33.2 Å². The zero-order chi connectivity index (χ0) is 22.7. The second-order valence-corrected chi connectivity index (χ2v) is 10.6. The van der Waals surface area contributed by atoms with Gasteiger partial charge in [0.2, 0.25) is 0 Å². The van der Waals surface area contributed by atoms with Gasteiger partial charge in [0, 0.05) is 38.8 Å².